The van der Waals surface area contributed by atoms with Gasteiger partial charge in [-0.3, -0.25) is 4.79 Å². The van der Waals surface area contributed by atoms with Gasteiger partial charge in [0.2, 0.25) is 0 Å². The van der Waals surface area contributed by atoms with Gasteiger partial charge < -0.3 is 10.1 Å². The molecule has 150 valence electrons. The van der Waals surface area contributed by atoms with Crippen LogP contribution in [-0.4, -0.2) is 11.9 Å². The number of hydrogen-bond donors (Lipinski definition) is 1. The SMILES string of the molecule is C[C@@H]1CCCC[C@H]1NC(=O)/C(C#N)=C/c1ccc(OCc2cccc(F)c2)cc1. The number of nitrogens with one attached hydrogen (secondary N) is 1. The molecule has 0 aromatic heterocycles. The van der Waals surface area contributed by atoms with E-state index in [4.69, 9.17) is 4.74 Å². The Morgan fingerprint density at radius 1 is 1.24 bits per heavy atom. The van der Waals surface area contributed by atoms with Gasteiger partial charge in [-0.2, -0.15) is 5.26 Å². The van der Waals surface area contributed by atoms with Gasteiger partial charge in [-0.05, 0) is 60.2 Å². The van der Waals surface area contributed by atoms with Crippen molar-refractivity contribution in [3.05, 3.63) is 71.0 Å². The maximum atomic E-state index is 13.2. The first-order valence-electron chi connectivity index (χ1n) is 9.95. The van der Waals surface area contributed by atoms with Crippen molar-refractivity contribution in [3.63, 3.8) is 0 Å². The standard InChI is InChI=1S/C24H25FN2O2/c1-17-5-2-3-8-23(17)27-24(28)20(15-26)13-18-9-11-22(12-10-18)29-16-19-6-4-7-21(25)14-19/h4,6-7,9-14,17,23H,2-3,5,8,16H2,1H3,(H,27,28)/b20-13+/t17-,23-/m1/s1. The molecule has 2 aromatic rings. The van der Waals surface area contributed by atoms with Gasteiger partial charge in [-0.1, -0.05) is 44.0 Å². The summed E-state index contributed by atoms with van der Waals surface area (Å²) in [6.07, 6.45) is 5.95. The summed E-state index contributed by atoms with van der Waals surface area (Å²) in [5, 5.41) is 12.4. The summed E-state index contributed by atoms with van der Waals surface area (Å²) in [7, 11) is 0. The van der Waals surface area contributed by atoms with Crippen molar-refractivity contribution in [2.75, 3.05) is 0 Å². The molecule has 0 bridgehead atoms. The molecule has 0 spiro atoms. The van der Waals surface area contributed by atoms with Crippen LogP contribution < -0.4 is 10.1 Å². The molecule has 4 nitrogen and oxygen atoms in total. The predicted octanol–water partition coefficient (Wildman–Crippen LogP) is 5.01. The van der Waals surface area contributed by atoms with E-state index in [0.717, 1.165) is 30.4 Å². The molecule has 1 fully saturated rings. The van der Waals surface area contributed by atoms with E-state index in [0.29, 0.717) is 11.7 Å². The lowest BCUT2D eigenvalue weighted by Gasteiger charge is -2.29. The minimum absolute atomic E-state index is 0.0937. The number of nitriles is 1. The zero-order valence-corrected chi connectivity index (χ0v) is 16.5. The number of rotatable bonds is 6. The lowest BCUT2D eigenvalue weighted by atomic mass is 9.86. The lowest BCUT2D eigenvalue weighted by molar-refractivity contribution is -0.118. The highest BCUT2D eigenvalue weighted by Crippen LogP contribution is 2.24. The van der Waals surface area contributed by atoms with E-state index in [1.54, 1.807) is 42.5 Å². The summed E-state index contributed by atoms with van der Waals surface area (Å²) in [5.41, 5.74) is 1.58. The van der Waals surface area contributed by atoms with Crippen molar-refractivity contribution in [3.8, 4) is 11.8 Å². The Bertz CT molecular complexity index is 915. The highest BCUT2D eigenvalue weighted by atomic mass is 19.1. The Labute approximate surface area is 171 Å². The first-order chi connectivity index (χ1) is 14.0. The van der Waals surface area contributed by atoms with E-state index in [2.05, 4.69) is 12.2 Å². The Hall–Kier alpha value is -3.13. The van der Waals surface area contributed by atoms with Gasteiger partial charge in [0.15, 0.2) is 0 Å². The first kappa shape index (κ1) is 20.6. The van der Waals surface area contributed by atoms with Gasteiger partial charge in [-0.25, -0.2) is 4.39 Å². The molecule has 29 heavy (non-hydrogen) atoms. The minimum atomic E-state index is -0.322. The minimum Gasteiger partial charge on any atom is -0.489 e. The average molecular weight is 392 g/mol. The van der Waals surface area contributed by atoms with Gasteiger partial charge >= 0.3 is 0 Å². The molecule has 0 unspecified atom stereocenters. The second kappa shape index (κ2) is 9.88. The van der Waals surface area contributed by atoms with Crippen LogP contribution in [0.3, 0.4) is 0 Å². The Morgan fingerprint density at radius 3 is 2.69 bits per heavy atom. The quantitative estimate of drug-likeness (QED) is 0.555. The maximum Gasteiger partial charge on any atom is 0.262 e. The number of benzene rings is 2. The molecule has 1 N–H and O–H groups in total. The van der Waals surface area contributed by atoms with E-state index >= 15 is 0 Å². The number of ether oxygens (including phenoxy) is 1. The fourth-order valence-corrected chi connectivity index (χ4v) is 3.55. The summed E-state index contributed by atoms with van der Waals surface area (Å²) in [6, 6.07) is 15.5. The molecular formula is C24H25FN2O2. The Kier molecular flexibility index (Phi) is 7.02. The Morgan fingerprint density at radius 2 is 2.00 bits per heavy atom. The first-order valence-corrected chi connectivity index (χ1v) is 9.95. The van der Waals surface area contributed by atoms with Gasteiger partial charge in [0.25, 0.3) is 5.91 Å². The van der Waals surface area contributed by atoms with Gasteiger partial charge in [0.1, 0.15) is 29.8 Å². The van der Waals surface area contributed by atoms with E-state index in [1.807, 2.05) is 6.07 Å². The van der Waals surface area contributed by atoms with Crippen LogP contribution in [0.25, 0.3) is 6.08 Å². The molecular weight excluding hydrogens is 367 g/mol. The van der Waals surface area contributed by atoms with Crippen LogP contribution in [0.5, 0.6) is 5.75 Å². The average Bonchev–Trinajstić information content (AvgIpc) is 2.73. The zero-order chi connectivity index (χ0) is 20.6. The van der Waals surface area contributed by atoms with Crippen molar-refractivity contribution >= 4 is 12.0 Å². The molecule has 1 saturated carbocycles. The highest BCUT2D eigenvalue weighted by molar-refractivity contribution is 6.01. The molecule has 1 aliphatic rings. The third kappa shape index (κ3) is 5.92. The molecule has 0 radical (unpaired) electrons. The number of nitrogens with zero attached hydrogens (tertiary/aromatic N) is 1. The fraction of sp³-hybridized carbons (Fsp3) is 0.333. The van der Waals surface area contributed by atoms with Crippen LogP contribution in [0, 0.1) is 23.1 Å². The van der Waals surface area contributed by atoms with Crippen molar-refractivity contribution < 1.29 is 13.9 Å². The topological polar surface area (TPSA) is 62.1 Å². The van der Waals surface area contributed by atoms with Crippen molar-refractivity contribution in [1.29, 1.82) is 5.26 Å². The van der Waals surface area contributed by atoms with E-state index < -0.39 is 0 Å². The summed E-state index contributed by atoms with van der Waals surface area (Å²) < 4.78 is 18.9. The van der Waals surface area contributed by atoms with Gasteiger partial charge in [0.05, 0.1) is 0 Å². The van der Waals surface area contributed by atoms with Crippen LogP contribution in [-0.2, 0) is 11.4 Å². The second-order valence-electron chi connectivity index (χ2n) is 7.50. The molecule has 0 aliphatic heterocycles. The maximum absolute atomic E-state index is 13.2. The molecule has 3 rings (SSSR count). The van der Waals surface area contributed by atoms with Crippen LogP contribution in [0.15, 0.2) is 54.1 Å². The van der Waals surface area contributed by atoms with E-state index in [1.165, 1.54) is 18.6 Å². The fourth-order valence-electron chi connectivity index (χ4n) is 3.55. The third-order valence-corrected chi connectivity index (χ3v) is 5.28. The molecule has 0 saturated heterocycles. The zero-order valence-electron chi connectivity index (χ0n) is 16.5. The summed E-state index contributed by atoms with van der Waals surface area (Å²) >= 11 is 0. The molecule has 1 amide bonds. The number of amides is 1. The van der Waals surface area contributed by atoms with Crippen molar-refractivity contribution in [1.82, 2.24) is 5.32 Å². The molecule has 2 atom stereocenters. The number of hydrogen-bond acceptors (Lipinski definition) is 3. The van der Waals surface area contributed by atoms with Crippen molar-refractivity contribution in [2.45, 2.75) is 45.3 Å². The molecule has 2 aromatic carbocycles. The lowest BCUT2D eigenvalue weighted by Crippen LogP contribution is -2.41. The third-order valence-electron chi connectivity index (χ3n) is 5.28. The van der Waals surface area contributed by atoms with Crippen LogP contribution in [0.1, 0.15) is 43.7 Å². The van der Waals surface area contributed by atoms with Crippen LogP contribution >= 0.6 is 0 Å². The van der Waals surface area contributed by atoms with Gasteiger partial charge in [-0.15, -0.1) is 0 Å². The molecule has 5 heteroatoms. The Balaban J connectivity index is 1.60. The number of halogens is 1. The molecule has 1 aliphatic carbocycles. The van der Waals surface area contributed by atoms with Crippen LogP contribution in [0.2, 0.25) is 0 Å². The monoisotopic (exact) mass is 392 g/mol. The second-order valence-corrected chi connectivity index (χ2v) is 7.50. The molecule has 0 heterocycles. The summed E-state index contributed by atoms with van der Waals surface area (Å²) in [6.45, 7) is 2.40. The largest absolute Gasteiger partial charge is 0.489 e. The predicted molar refractivity (Wildman–Crippen MR) is 110 cm³/mol. The number of carbonyl (C=O) groups is 1. The summed E-state index contributed by atoms with van der Waals surface area (Å²) in [5.74, 6) is 0.446. The van der Waals surface area contributed by atoms with E-state index in [-0.39, 0.29) is 29.9 Å². The van der Waals surface area contributed by atoms with Crippen molar-refractivity contribution in [2.24, 2.45) is 5.92 Å². The normalized spacial score (nSPS) is 19.3. The van der Waals surface area contributed by atoms with Gasteiger partial charge in [0, 0.05) is 6.04 Å². The summed E-state index contributed by atoms with van der Waals surface area (Å²) in [4.78, 5) is 12.5. The smallest absolute Gasteiger partial charge is 0.262 e. The highest BCUT2D eigenvalue weighted by Gasteiger charge is 2.24. The van der Waals surface area contributed by atoms with Crippen LogP contribution in [0.4, 0.5) is 4.39 Å². The number of carbonyl (C=O) groups excluding carboxylic acids is 1. The van der Waals surface area contributed by atoms with E-state index in [9.17, 15) is 14.4 Å².